The monoisotopic (exact) mass is 138 g/mol. The molecule has 0 amide bonds. The molecule has 0 bridgehead atoms. The Kier molecular flexibility index (Phi) is 1.57. The molecule has 3 nitrogen and oxygen atoms in total. The van der Waals surface area contributed by atoms with Crippen LogP contribution in [0.2, 0.25) is 0 Å². The minimum Gasteiger partial charge on any atom is -0.494 e. The molecule has 0 aliphatic heterocycles. The van der Waals surface area contributed by atoms with E-state index in [1.54, 1.807) is 0 Å². The lowest BCUT2D eigenvalue weighted by Gasteiger charge is -2.09. The zero-order chi connectivity index (χ0) is 7.72. The van der Waals surface area contributed by atoms with Crippen LogP contribution < -0.4 is 15.5 Å². The molecule has 3 heteroatoms. The Labute approximate surface area is 59.0 Å². The van der Waals surface area contributed by atoms with Gasteiger partial charge in [0.1, 0.15) is 5.36 Å². The highest BCUT2D eigenvalue weighted by atomic mass is 16.5. The summed E-state index contributed by atoms with van der Waals surface area (Å²) in [5.41, 5.74) is 0.868. The Morgan fingerprint density at radius 3 is 2.20 bits per heavy atom. The Morgan fingerprint density at radius 1 is 1.30 bits per heavy atom. The van der Waals surface area contributed by atoms with Crippen LogP contribution >= 0.6 is 0 Å². The summed E-state index contributed by atoms with van der Waals surface area (Å²) in [6, 6.07) is 0. The second-order valence-corrected chi connectivity index (χ2v) is 2.12. The summed E-state index contributed by atoms with van der Waals surface area (Å²) in [5.74, 6) is 0.590. The summed E-state index contributed by atoms with van der Waals surface area (Å²) >= 11 is 0. The van der Waals surface area contributed by atoms with Gasteiger partial charge < -0.3 is 4.74 Å². The molecule has 0 aliphatic carbocycles. The molecule has 0 heterocycles. The third kappa shape index (κ3) is 0.667. The molecule has 1 aromatic rings. The maximum absolute atomic E-state index is 7.26. The van der Waals surface area contributed by atoms with Gasteiger partial charge in [0.25, 0.3) is 0 Å². The van der Waals surface area contributed by atoms with Crippen LogP contribution in [-0.2, 0) is 6.42 Å². The molecular weight excluding hydrogens is 128 g/mol. The van der Waals surface area contributed by atoms with Crippen molar-refractivity contribution in [1.82, 2.24) is 0 Å². The van der Waals surface area contributed by atoms with E-state index in [-0.39, 0.29) is 5.36 Å². The van der Waals surface area contributed by atoms with Gasteiger partial charge in [-0.3, -0.25) is 10.8 Å². The molecule has 10 heavy (non-hydrogen) atoms. The molecular formula is C7H10N2O. The van der Waals surface area contributed by atoms with Crippen molar-refractivity contribution in [3.05, 3.63) is 16.3 Å². The van der Waals surface area contributed by atoms with Crippen molar-refractivity contribution < 1.29 is 4.74 Å². The molecule has 0 fully saturated rings. The fourth-order valence-corrected chi connectivity index (χ4v) is 1.03. The van der Waals surface area contributed by atoms with Gasteiger partial charge in [0.05, 0.1) is 12.5 Å². The van der Waals surface area contributed by atoms with Gasteiger partial charge in [0.15, 0.2) is 5.75 Å². The minimum atomic E-state index is 0.236. The standard InChI is InChI=1S/C7H10N2O/c1-3-4-5(8)6(9)7(4)10-2/h8-9H,3H2,1-2H3. The van der Waals surface area contributed by atoms with Crippen molar-refractivity contribution in [2.45, 2.75) is 13.3 Å². The minimum absolute atomic E-state index is 0.236. The van der Waals surface area contributed by atoms with Gasteiger partial charge in [0, 0.05) is 5.56 Å². The van der Waals surface area contributed by atoms with Crippen molar-refractivity contribution in [2.75, 3.05) is 7.11 Å². The van der Waals surface area contributed by atoms with E-state index in [2.05, 4.69) is 0 Å². The molecule has 0 radical (unpaired) electrons. The normalized spacial score (nSPS) is 10.2. The molecule has 1 rings (SSSR count). The summed E-state index contributed by atoms with van der Waals surface area (Å²) in [5, 5.41) is 15.1. The summed E-state index contributed by atoms with van der Waals surface area (Å²) in [4.78, 5) is 0. The predicted octanol–water partition coefficient (Wildman–Crippen LogP) is 0.0921. The number of nitrogens with one attached hydrogen (secondary N) is 2. The predicted molar refractivity (Wildman–Crippen MR) is 36.5 cm³/mol. The van der Waals surface area contributed by atoms with Gasteiger partial charge in [0.2, 0.25) is 0 Å². The molecule has 2 N–H and O–H groups in total. The first-order chi connectivity index (χ1) is 4.72. The maximum atomic E-state index is 7.26. The van der Waals surface area contributed by atoms with Crippen LogP contribution in [0, 0.1) is 10.8 Å². The van der Waals surface area contributed by atoms with Crippen molar-refractivity contribution in [1.29, 1.82) is 10.8 Å². The highest BCUT2D eigenvalue weighted by molar-refractivity contribution is 5.36. The highest BCUT2D eigenvalue weighted by Crippen LogP contribution is 2.09. The Hall–Kier alpha value is -1.12. The van der Waals surface area contributed by atoms with E-state index in [1.807, 2.05) is 6.92 Å². The number of hydrogen-bond donors (Lipinski definition) is 2. The van der Waals surface area contributed by atoms with Crippen LogP contribution in [-0.4, -0.2) is 7.11 Å². The van der Waals surface area contributed by atoms with Gasteiger partial charge in [-0.25, -0.2) is 0 Å². The van der Waals surface area contributed by atoms with E-state index in [1.165, 1.54) is 7.11 Å². The SMILES string of the molecule is CCc1c(OC)c(=N)c1=N. The van der Waals surface area contributed by atoms with Gasteiger partial charge in [-0.2, -0.15) is 0 Å². The van der Waals surface area contributed by atoms with E-state index >= 15 is 0 Å². The van der Waals surface area contributed by atoms with Crippen molar-refractivity contribution in [3.8, 4) is 5.75 Å². The zero-order valence-electron chi connectivity index (χ0n) is 6.12. The molecule has 0 saturated heterocycles. The van der Waals surface area contributed by atoms with Gasteiger partial charge >= 0.3 is 0 Å². The molecule has 0 unspecified atom stereocenters. The largest absolute Gasteiger partial charge is 0.494 e. The Balaban J connectivity index is 3.16. The fraction of sp³-hybridized carbons (Fsp3) is 0.429. The first-order valence-corrected chi connectivity index (χ1v) is 3.17. The molecule has 0 atom stereocenters. The average Bonchev–Trinajstić information content (AvgIpc) is 1.97. The topological polar surface area (TPSA) is 56.9 Å². The summed E-state index contributed by atoms with van der Waals surface area (Å²) in [6.45, 7) is 1.95. The van der Waals surface area contributed by atoms with Crippen LogP contribution in [0.25, 0.3) is 0 Å². The van der Waals surface area contributed by atoms with E-state index in [0.717, 1.165) is 12.0 Å². The Morgan fingerprint density at radius 2 is 1.90 bits per heavy atom. The van der Waals surface area contributed by atoms with Crippen molar-refractivity contribution in [2.24, 2.45) is 0 Å². The van der Waals surface area contributed by atoms with Gasteiger partial charge in [-0.1, -0.05) is 6.92 Å². The molecule has 0 spiro atoms. The lowest BCUT2D eigenvalue weighted by molar-refractivity contribution is 0.395. The smallest absolute Gasteiger partial charge is 0.151 e. The third-order valence-corrected chi connectivity index (χ3v) is 1.61. The lowest BCUT2D eigenvalue weighted by Crippen LogP contribution is -2.36. The van der Waals surface area contributed by atoms with Crippen LogP contribution in [0.3, 0.4) is 0 Å². The van der Waals surface area contributed by atoms with Crippen molar-refractivity contribution in [3.63, 3.8) is 0 Å². The quantitative estimate of drug-likeness (QED) is 0.598. The molecule has 0 saturated carbocycles. The van der Waals surface area contributed by atoms with Crippen LogP contribution in [0.5, 0.6) is 5.75 Å². The zero-order valence-corrected chi connectivity index (χ0v) is 6.12. The number of ether oxygens (including phenoxy) is 1. The van der Waals surface area contributed by atoms with Crippen LogP contribution in [0.15, 0.2) is 0 Å². The van der Waals surface area contributed by atoms with Gasteiger partial charge in [-0.15, -0.1) is 0 Å². The number of methoxy groups -OCH3 is 1. The van der Waals surface area contributed by atoms with Crippen molar-refractivity contribution >= 4 is 0 Å². The van der Waals surface area contributed by atoms with Crippen LogP contribution in [0.4, 0.5) is 0 Å². The molecule has 54 valence electrons. The third-order valence-electron chi connectivity index (χ3n) is 1.61. The molecule has 0 aromatic heterocycles. The lowest BCUT2D eigenvalue weighted by atomic mass is 10.1. The highest BCUT2D eigenvalue weighted by Gasteiger charge is 2.12. The summed E-state index contributed by atoms with van der Waals surface area (Å²) < 4.78 is 4.89. The van der Waals surface area contributed by atoms with Crippen LogP contribution in [0.1, 0.15) is 12.5 Å². The second-order valence-electron chi connectivity index (χ2n) is 2.12. The first kappa shape index (κ1) is 6.99. The number of hydrogen-bond acceptors (Lipinski definition) is 3. The summed E-state index contributed by atoms with van der Waals surface area (Å²) in [6.07, 6.45) is 0.782. The second kappa shape index (κ2) is 2.25. The Bertz CT molecular complexity index is 275. The fourth-order valence-electron chi connectivity index (χ4n) is 1.03. The van der Waals surface area contributed by atoms with Gasteiger partial charge in [-0.05, 0) is 6.42 Å². The number of rotatable bonds is 2. The van der Waals surface area contributed by atoms with E-state index < -0.39 is 0 Å². The maximum Gasteiger partial charge on any atom is 0.151 e. The average molecular weight is 138 g/mol. The van der Waals surface area contributed by atoms with E-state index in [4.69, 9.17) is 15.6 Å². The van der Waals surface area contributed by atoms with E-state index in [9.17, 15) is 0 Å². The van der Waals surface area contributed by atoms with E-state index in [0.29, 0.717) is 11.1 Å². The first-order valence-electron chi connectivity index (χ1n) is 3.17. The summed E-state index contributed by atoms with van der Waals surface area (Å²) in [7, 11) is 1.53. The molecule has 1 aromatic carbocycles. The molecule has 0 aliphatic rings.